The van der Waals surface area contributed by atoms with E-state index >= 15 is 0 Å². The first-order chi connectivity index (χ1) is 9.87. The standard InChI is InChI=1S/C13H18N2O4S2/c1-13(2,3)19-12(17)15-8-20-7-9(15)11(16)18-6-10-14-4-5-21-10/h4-5,9H,6-8H2,1-3H3/t9-/m1/s1. The molecular formula is C13H18N2O4S2. The van der Waals surface area contributed by atoms with Gasteiger partial charge >= 0.3 is 12.1 Å². The van der Waals surface area contributed by atoms with Gasteiger partial charge in [-0.15, -0.1) is 23.1 Å². The molecule has 8 heteroatoms. The van der Waals surface area contributed by atoms with Crippen LogP contribution in [0.25, 0.3) is 0 Å². The number of carbonyl (C=O) groups excluding carboxylic acids is 2. The second-order valence-electron chi connectivity index (χ2n) is 5.50. The largest absolute Gasteiger partial charge is 0.457 e. The lowest BCUT2D eigenvalue weighted by molar-refractivity contribution is -0.149. The summed E-state index contributed by atoms with van der Waals surface area (Å²) in [5, 5.41) is 2.56. The first kappa shape index (κ1) is 16.1. The first-order valence-electron chi connectivity index (χ1n) is 6.49. The smallest absolute Gasteiger partial charge is 0.411 e. The molecule has 0 aromatic carbocycles. The molecule has 0 unspecified atom stereocenters. The summed E-state index contributed by atoms with van der Waals surface area (Å²) in [4.78, 5) is 29.7. The number of thioether (sulfide) groups is 1. The summed E-state index contributed by atoms with van der Waals surface area (Å²) in [7, 11) is 0. The predicted octanol–water partition coefficient (Wildman–Crippen LogP) is 2.50. The van der Waals surface area contributed by atoms with E-state index in [4.69, 9.17) is 9.47 Å². The van der Waals surface area contributed by atoms with Crippen molar-refractivity contribution in [3.05, 3.63) is 16.6 Å². The normalized spacial score (nSPS) is 18.6. The highest BCUT2D eigenvalue weighted by Gasteiger charge is 2.38. The second kappa shape index (κ2) is 6.65. The number of ether oxygens (including phenoxy) is 2. The van der Waals surface area contributed by atoms with E-state index in [9.17, 15) is 9.59 Å². The van der Waals surface area contributed by atoms with Crippen molar-refractivity contribution in [1.82, 2.24) is 9.88 Å². The average Bonchev–Trinajstić information content (AvgIpc) is 3.05. The summed E-state index contributed by atoms with van der Waals surface area (Å²) < 4.78 is 10.5. The Morgan fingerprint density at radius 2 is 2.24 bits per heavy atom. The van der Waals surface area contributed by atoms with Gasteiger partial charge in [0, 0.05) is 17.3 Å². The van der Waals surface area contributed by atoms with E-state index in [1.54, 1.807) is 27.0 Å². The highest BCUT2D eigenvalue weighted by atomic mass is 32.2. The third-order valence-electron chi connectivity index (χ3n) is 2.60. The molecule has 0 bridgehead atoms. The van der Waals surface area contributed by atoms with Gasteiger partial charge in [-0.3, -0.25) is 4.90 Å². The van der Waals surface area contributed by atoms with Crippen LogP contribution in [0.2, 0.25) is 0 Å². The minimum atomic E-state index is -0.593. The third kappa shape index (κ3) is 4.60. The Labute approximate surface area is 131 Å². The number of thiazole rings is 1. The van der Waals surface area contributed by atoms with Crippen LogP contribution in [0, 0.1) is 0 Å². The molecule has 1 aliphatic rings. The topological polar surface area (TPSA) is 68.7 Å². The lowest BCUT2D eigenvalue weighted by Gasteiger charge is -2.26. The number of hydrogen-bond donors (Lipinski definition) is 0. The fourth-order valence-corrected chi connectivity index (χ4v) is 3.35. The van der Waals surface area contributed by atoms with Crippen LogP contribution in [-0.4, -0.2) is 45.2 Å². The van der Waals surface area contributed by atoms with Gasteiger partial charge in [0.15, 0.2) is 0 Å². The maximum Gasteiger partial charge on any atom is 0.411 e. The SMILES string of the molecule is CC(C)(C)OC(=O)N1CSC[C@@H]1C(=O)OCc1nccs1. The van der Waals surface area contributed by atoms with Crippen molar-refractivity contribution in [2.75, 3.05) is 11.6 Å². The predicted molar refractivity (Wildman–Crippen MR) is 81.1 cm³/mol. The fraction of sp³-hybridized carbons (Fsp3) is 0.615. The van der Waals surface area contributed by atoms with Crippen LogP contribution in [0.4, 0.5) is 4.79 Å². The molecule has 2 heterocycles. The van der Waals surface area contributed by atoms with Crippen LogP contribution >= 0.6 is 23.1 Å². The van der Waals surface area contributed by atoms with Gasteiger partial charge in [-0.2, -0.15) is 0 Å². The molecule has 21 heavy (non-hydrogen) atoms. The van der Waals surface area contributed by atoms with E-state index in [0.717, 1.165) is 5.01 Å². The van der Waals surface area contributed by atoms with E-state index in [2.05, 4.69) is 4.98 Å². The highest BCUT2D eigenvalue weighted by molar-refractivity contribution is 7.99. The molecule has 1 aliphatic heterocycles. The van der Waals surface area contributed by atoms with Gasteiger partial charge in [0.25, 0.3) is 0 Å². The van der Waals surface area contributed by atoms with Crippen molar-refractivity contribution in [3.8, 4) is 0 Å². The molecule has 0 radical (unpaired) electrons. The Morgan fingerprint density at radius 3 is 2.86 bits per heavy atom. The number of aromatic nitrogens is 1. The van der Waals surface area contributed by atoms with Crippen molar-refractivity contribution < 1.29 is 19.1 Å². The third-order valence-corrected chi connectivity index (χ3v) is 4.37. The van der Waals surface area contributed by atoms with Gasteiger partial charge in [-0.05, 0) is 20.8 Å². The summed E-state index contributed by atoms with van der Waals surface area (Å²) in [6.07, 6.45) is 1.18. The van der Waals surface area contributed by atoms with Gasteiger partial charge < -0.3 is 9.47 Å². The van der Waals surface area contributed by atoms with Gasteiger partial charge in [-0.1, -0.05) is 0 Å². The van der Waals surface area contributed by atoms with Gasteiger partial charge in [-0.25, -0.2) is 14.6 Å². The quantitative estimate of drug-likeness (QED) is 0.793. The summed E-state index contributed by atoms with van der Waals surface area (Å²) in [6, 6.07) is -0.593. The molecule has 2 rings (SSSR count). The maximum absolute atomic E-state index is 12.1. The molecule has 1 atom stereocenters. The van der Waals surface area contributed by atoms with Crippen molar-refractivity contribution >= 4 is 35.2 Å². The fourth-order valence-electron chi connectivity index (χ4n) is 1.69. The van der Waals surface area contributed by atoms with Crippen molar-refractivity contribution in [2.45, 2.75) is 39.0 Å². The lowest BCUT2D eigenvalue weighted by atomic mass is 10.2. The van der Waals surface area contributed by atoms with Gasteiger partial charge in [0.05, 0.1) is 5.88 Å². The van der Waals surface area contributed by atoms with Crippen molar-refractivity contribution in [3.63, 3.8) is 0 Å². The van der Waals surface area contributed by atoms with Gasteiger partial charge in [0.2, 0.25) is 0 Å². The van der Waals surface area contributed by atoms with E-state index < -0.39 is 23.7 Å². The zero-order valence-corrected chi connectivity index (χ0v) is 13.8. The zero-order valence-electron chi connectivity index (χ0n) is 12.2. The monoisotopic (exact) mass is 330 g/mol. The number of esters is 1. The van der Waals surface area contributed by atoms with Crippen LogP contribution in [0.5, 0.6) is 0 Å². The summed E-state index contributed by atoms with van der Waals surface area (Å²) in [5.74, 6) is 0.545. The molecule has 0 aliphatic carbocycles. The number of hydrogen-bond acceptors (Lipinski definition) is 7. The Morgan fingerprint density at radius 1 is 1.48 bits per heavy atom. The van der Waals surface area contributed by atoms with E-state index in [0.29, 0.717) is 11.6 Å². The number of carbonyl (C=O) groups is 2. The summed E-state index contributed by atoms with van der Waals surface area (Å²) >= 11 is 2.93. The molecule has 1 aromatic heterocycles. The molecule has 1 saturated heterocycles. The molecule has 0 N–H and O–H groups in total. The molecule has 0 spiro atoms. The van der Waals surface area contributed by atoms with Crippen LogP contribution in [-0.2, 0) is 20.9 Å². The minimum absolute atomic E-state index is 0.139. The van der Waals surface area contributed by atoms with Crippen LogP contribution in [0.15, 0.2) is 11.6 Å². The molecule has 116 valence electrons. The molecule has 0 saturated carbocycles. The Bertz CT molecular complexity index is 499. The Balaban J connectivity index is 1.91. The number of amides is 1. The average molecular weight is 330 g/mol. The summed E-state index contributed by atoms with van der Waals surface area (Å²) in [6.45, 7) is 5.53. The lowest BCUT2D eigenvalue weighted by Crippen LogP contribution is -2.45. The Kier molecular flexibility index (Phi) is 5.10. The number of nitrogens with zero attached hydrogens (tertiary/aromatic N) is 2. The molecule has 6 nitrogen and oxygen atoms in total. The van der Waals surface area contributed by atoms with Crippen molar-refractivity contribution in [2.24, 2.45) is 0 Å². The first-order valence-corrected chi connectivity index (χ1v) is 8.52. The summed E-state index contributed by atoms with van der Waals surface area (Å²) in [5.41, 5.74) is -0.584. The van der Waals surface area contributed by atoms with E-state index in [1.807, 2.05) is 5.38 Å². The number of rotatable bonds is 3. The zero-order chi connectivity index (χ0) is 15.5. The van der Waals surface area contributed by atoms with Crippen LogP contribution in [0.3, 0.4) is 0 Å². The van der Waals surface area contributed by atoms with E-state index in [-0.39, 0.29) is 6.61 Å². The molecule has 1 amide bonds. The molecular weight excluding hydrogens is 312 g/mol. The Hall–Kier alpha value is -1.28. The molecule has 1 fully saturated rings. The van der Waals surface area contributed by atoms with E-state index in [1.165, 1.54) is 28.0 Å². The highest BCUT2D eigenvalue weighted by Crippen LogP contribution is 2.24. The van der Waals surface area contributed by atoms with Crippen LogP contribution < -0.4 is 0 Å². The van der Waals surface area contributed by atoms with Crippen molar-refractivity contribution in [1.29, 1.82) is 0 Å². The second-order valence-corrected chi connectivity index (χ2v) is 7.48. The minimum Gasteiger partial charge on any atom is -0.457 e. The van der Waals surface area contributed by atoms with Crippen LogP contribution in [0.1, 0.15) is 25.8 Å². The molecule has 1 aromatic rings. The maximum atomic E-state index is 12.1. The van der Waals surface area contributed by atoms with Gasteiger partial charge in [0.1, 0.15) is 23.3 Å².